The summed E-state index contributed by atoms with van der Waals surface area (Å²) in [7, 11) is 0. The SMILES string of the molecule is C=C1C=CNCC1C1=CC(N(C2=CCC(c3ccc4c(c3)C3C=CC=CC3N4c3ccccc3)C=C2)C2CC=C3C4C=CCCC4C(C)(C)C3C2)=CCC1. The van der Waals surface area contributed by atoms with Crippen molar-refractivity contribution in [1.29, 1.82) is 0 Å². The van der Waals surface area contributed by atoms with Gasteiger partial charge in [0.25, 0.3) is 0 Å². The molecular weight excluding hydrogens is 655 g/mol. The standard InChI is InChI=1S/C51H55N3/c1-34-28-29-52-33-46(34)37-12-11-15-40(30-37)53(41-25-26-43-42-16-7-9-18-47(42)51(2,3)48(43)32-41)39-23-20-35(21-24-39)36-22-27-50-45(31-36)44-17-8-10-19-49(44)54(50)38-13-5-4-6-14-38/h4-8,10,13-17,19-20,22-24,26-31,35,41-42,44,46-49,52H,1,9,11-12,18,21,25,32-33H2,2-3H3. The van der Waals surface area contributed by atoms with Gasteiger partial charge in [-0.2, -0.15) is 0 Å². The first kappa shape index (κ1) is 33.8. The first-order chi connectivity index (χ1) is 26.5. The highest BCUT2D eigenvalue weighted by molar-refractivity contribution is 5.75. The van der Waals surface area contributed by atoms with E-state index >= 15 is 0 Å². The molecule has 0 amide bonds. The van der Waals surface area contributed by atoms with Gasteiger partial charge in [0.1, 0.15) is 0 Å². The second-order valence-electron chi connectivity index (χ2n) is 17.6. The molecule has 54 heavy (non-hydrogen) atoms. The third-order valence-electron chi connectivity index (χ3n) is 14.5. The molecule has 8 unspecified atom stereocenters. The molecule has 0 bridgehead atoms. The van der Waals surface area contributed by atoms with Gasteiger partial charge in [-0.15, -0.1) is 0 Å². The van der Waals surface area contributed by atoms with Gasteiger partial charge in [-0.1, -0.05) is 123 Å². The Morgan fingerprint density at radius 3 is 2.61 bits per heavy atom. The average Bonchev–Trinajstić information content (AvgIpc) is 3.67. The maximum Gasteiger partial charge on any atom is 0.0629 e. The molecule has 0 radical (unpaired) electrons. The fourth-order valence-electron chi connectivity index (χ4n) is 11.7. The lowest BCUT2D eigenvalue weighted by molar-refractivity contribution is 0.137. The summed E-state index contributed by atoms with van der Waals surface area (Å²) in [5.41, 5.74) is 13.1. The minimum atomic E-state index is 0.318. The van der Waals surface area contributed by atoms with Crippen molar-refractivity contribution in [2.45, 2.75) is 82.7 Å². The van der Waals surface area contributed by atoms with Crippen LogP contribution in [0.4, 0.5) is 11.4 Å². The molecule has 6 aliphatic carbocycles. The van der Waals surface area contributed by atoms with E-state index in [-0.39, 0.29) is 0 Å². The fourth-order valence-corrected chi connectivity index (χ4v) is 11.7. The molecule has 0 aromatic heterocycles. The van der Waals surface area contributed by atoms with Crippen LogP contribution in [0, 0.1) is 29.1 Å². The zero-order valence-corrected chi connectivity index (χ0v) is 32.1. The summed E-state index contributed by atoms with van der Waals surface area (Å²) >= 11 is 0. The number of para-hydroxylation sites is 1. The van der Waals surface area contributed by atoms with Gasteiger partial charge >= 0.3 is 0 Å². The second-order valence-corrected chi connectivity index (χ2v) is 17.6. The van der Waals surface area contributed by atoms with Crippen molar-refractivity contribution < 1.29 is 0 Å². The van der Waals surface area contributed by atoms with Crippen LogP contribution >= 0.6 is 0 Å². The lowest BCUT2D eigenvalue weighted by atomic mass is 9.69. The predicted molar refractivity (Wildman–Crippen MR) is 225 cm³/mol. The molecule has 8 aliphatic rings. The van der Waals surface area contributed by atoms with Crippen LogP contribution in [0.25, 0.3) is 0 Å². The Kier molecular flexibility index (Phi) is 8.46. The molecular formula is C51H55N3. The van der Waals surface area contributed by atoms with E-state index in [1.807, 2.05) is 0 Å². The van der Waals surface area contributed by atoms with Gasteiger partial charge in [-0.25, -0.2) is 0 Å². The monoisotopic (exact) mass is 709 g/mol. The zero-order chi connectivity index (χ0) is 36.4. The second kappa shape index (κ2) is 13.5. The Morgan fingerprint density at radius 1 is 0.870 bits per heavy atom. The van der Waals surface area contributed by atoms with Crippen LogP contribution in [-0.4, -0.2) is 23.5 Å². The summed E-state index contributed by atoms with van der Waals surface area (Å²) < 4.78 is 0. The van der Waals surface area contributed by atoms with Crippen LogP contribution < -0.4 is 10.2 Å². The molecule has 1 saturated carbocycles. The Hall–Kier alpha value is -4.76. The van der Waals surface area contributed by atoms with Gasteiger partial charge < -0.3 is 15.1 Å². The number of hydrogen-bond acceptors (Lipinski definition) is 3. The highest BCUT2D eigenvalue weighted by Crippen LogP contribution is 2.61. The molecule has 10 rings (SSSR count). The topological polar surface area (TPSA) is 18.5 Å². The van der Waals surface area contributed by atoms with Gasteiger partial charge in [-0.05, 0) is 122 Å². The maximum absolute atomic E-state index is 4.46. The number of nitrogens with zero attached hydrogens (tertiary/aromatic N) is 2. The Bertz CT molecular complexity index is 2110. The van der Waals surface area contributed by atoms with Crippen molar-refractivity contribution in [3.63, 3.8) is 0 Å². The molecule has 3 nitrogen and oxygen atoms in total. The van der Waals surface area contributed by atoms with E-state index in [4.69, 9.17) is 0 Å². The minimum Gasteiger partial charge on any atom is -0.390 e. The number of benzene rings is 2. The van der Waals surface area contributed by atoms with Crippen LogP contribution in [0.1, 0.15) is 81.8 Å². The van der Waals surface area contributed by atoms with Crippen molar-refractivity contribution in [1.82, 2.24) is 10.2 Å². The van der Waals surface area contributed by atoms with Crippen molar-refractivity contribution in [2.75, 3.05) is 11.4 Å². The molecule has 1 fully saturated rings. The normalized spacial score (nSPS) is 32.8. The largest absolute Gasteiger partial charge is 0.390 e. The predicted octanol–water partition coefficient (Wildman–Crippen LogP) is 11.9. The molecule has 274 valence electrons. The Morgan fingerprint density at radius 2 is 1.76 bits per heavy atom. The molecule has 0 spiro atoms. The lowest BCUT2D eigenvalue weighted by Gasteiger charge is -2.43. The number of nitrogens with one attached hydrogen (secondary N) is 1. The lowest BCUT2D eigenvalue weighted by Crippen LogP contribution is -2.40. The van der Waals surface area contributed by atoms with E-state index in [0.717, 1.165) is 38.1 Å². The quantitative estimate of drug-likeness (QED) is 0.301. The molecule has 2 aliphatic heterocycles. The maximum atomic E-state index is 4.46. The summed E-state index contributed by atoms with van der Waals surface area (Å²) in [5.74, 6) is 3.14. The first-order valence-corrected chi connectivity index (χ1v) is 20.8. The van der Waals surface area contributed by atoms with Crippen molar-refractivity contribution in [3.8, 4) is 0 Å². The van der Waals surface area contributed by atoms with Gasteiger partial charge in [0.2, 0.25) is 0 Å². The summed E-state index contributed by atoms with van der Waals surface area (Å²) in [6.07, 6.45) is 41.9. The number of allylic oxidation sites excluding steroid dienone is 11. The average molecular weight is 710 g/mol. The third kappa shape index (κ3) is 5.61. The highest BCUT2D eigenvalue weighted by Gasteiger charge is 2.53. The molecule has 2 heterocycles. The van der Waals surface area contributed by atoms with Crippen LogP contribution in [0.5, 0.6) is 0 Å². The molecule has 1 N–H and O–H groups in total. The smallest absolute Gasteiger partial charge is 0.0629 e. The molecule has 2 aromatic rings. The van der Waals surface area contributed by atoms with E-state index in [0.29, 0.717) is 47.1 Å². The zero-order valence-electron chi connectivity index (χ0n) is 32.1. The highest BCUT2D eigenvalue weighted by atomic mass is 15.2. The van der Waals surface area contributed by atoms with Crippen LogP contribution in [0.3, 0.4) is 0 Å². The van der Waals surface area contributed by atoms with E-state index < -0.39 is 0 Å². The van der Waals surface area contributed by atoms with Crippen LogP contribution in [0.2, 0.25) is 0 Å². The molecule has 0 saturated heterocycles. The van der Waals surface area contributed by atoms with Gasteiger partial charge in [-0.3, -0.25) is 0 Å². The van der Waals surface area contributed by atoms with Crippen LogP contribution in [0.15, 0.2) is 168 Å². The van der Waals surface area contributed by atoms with Gasteiger partial charge in [0.15, 0.2) is 0 Å². The summed E-state index contributed by atoms with van der Waals surface area (Å²) in [6.45, 7) is 10.6. The molecule has 2 aromatic carbocycles. The summed E-state index contributed by atoms with van der Waals surface area (Å²) in [4.78, 5) is 5.30. The van der Waals surface area contributed by atoms with Crippen LogP contribution in [-0.2, 0) is 0 Å². The molecule has 3 heteroatoms. The van der Waals surface area contributed by atoms with Crippen molar-refractivity contribution >= 4 is 11.4 Å². The van der Waals surface area contributed by atoms with E-state index in [1.54, 1.807) is 5.57 Å². The Balaban J connectivity index is 0.963. The summed E-state index contributed by atoms with van der Waals surface area (Å²) in [6, 6.07) is 19.0. The summed E-state index contributed by atoms with van der Waals surface area (Å²) in [5, 5.41) is 3.49. The number of rotatable bonds is 6. The first-order valence-electron chi connectivity index (χ1n) is 20.8. The Labute approximate surface area is 323 Å². The van der Waals surface area contributed by atoms with E-state index in [1.165, 1.54) is 64.3 Å². The fraction of sp³-hybridized carbons (Fsp3) is 0.373. The van der Waals surface area contributed by atoms with Crippen molar-refractivity contribution in [3.05, 3.63) is 180 Å². The number of hydrogen-bond donors (Lipinski definition) is 1. The van der Waals surface area contributed by atoms with E-state index in [2.05, 4.69) is 169 Å². The van der Waals surface area contributed by atoms with E-state index in [9.17, 15) is 0 Å². The minimum absolute atomic E-state index is 0.318. The van der Waals surface area contributed by atoms with Crippen molar-refractivity contribution in [2.24, 2.45) is 29.1 Å². The molecule has 8 atom stereocenters. The van der Waals surface area contributed by atoms with Gasteiger partial charge in [0.05, 0.1) is 6.04 Å². The number of fused-ring (bicyclic) bond motifs is 6. The third-order valence-corrected chi connectivity index (χ3v) is 14.5. The number of anilines is 2. The van der Waals surface area contributed by atoms with Gasteiger partial charge in [0, 0.05) is 59.0 Å².